The average molecular weight is 585 g/mol. The number of rotatable bonds is 16. The highest BCUT2D eigenvalue weighted by Gasteiger charge is 2.28. The first-order valence-electron chi connectivity index (χ1n) is 14.7. The molecule has 0 fully saturated rings. The van der Waals surface area contributed by atoms with Crippen LogP contribution in [0.4, 0.5) is 0 Å². The van der Waals surface area contributed by atoms with Crippen LogP contribution in [-0.2, 0) is 33.6 Å². The van der Waals surface area contributed by atoms with Gasteiger partial charge in [-0.15, -0.1) is 0 Å². The number of benzene rings is 3. The molecule has 9 heteroatoms. The van der Waals surface area contributed by atoms with E-state index in [-0.39, 0.29) is 18.7 Å². The quantitative estimate of drug-likeness (QED) is 0.0752. The van der Waals surface area contributed by atoms with E-state index in [9.17, 15) is 14.4 Å². The Labute approximate surface area is 252 Å². The lowest BCUT2D eigenvalue weighted by molar-refractivity contribution is -0.136. The van der Waals surface area contributed by atoms with E-state index in [2.05, 4.69) is 15.6 Å². The average Bonchev–Trinajstić information content (AvgIpc) is 3.45. The fourth-order valence-electron chi connectivity index (χ4n) is 5.22. The SMILES string of the molecule is COc1ccc(CCCC[C@@H](CC(=O)NO)C(=O)N[C@H](Cc2c[nH]c3ccccc23)C(=O)NCCc2ccccc2)cc1. The number of nitrogens with one attached hydrogen (secondary N) is 4. The van der Waals surface area contributed by atoms with E-state index < -0.39 is 23.8 Å². The van der Waals surface area contributed by atoms with Gasteiger partial charge in [-0.25, -0.2) is 5.48 Å². The molecule has 3 amide bonds. The molecule has 2 atom stereocenters. The molecule has 1 aromatic heterocycles. The van der Waals surface area contributed by atoms with Gasteiger partial charge in [-0.05, 0) is 60.6 Å². The molecule has 0 aliphatic carbocycles. The third kappa shape index (κ3) is 9.44. The van der Waals surface area contributed by atoms with E-state index in [0.717, 1.165) is 46.2 Å². The lowest BCUT2D eigenvalue weighted by atomic mass is 9.94. The van der Waals surface area contributed by atoms with Crippen molar-refractivity contribution in [3.8, 4) is 5.75 Å². The molecule has 4 rings (SSSR count). The first-order valence-corrected chi connectivity index (χ1v) is 14.7. The van der Waals surface area contributed by atoms with Crippen molar-refractivity contribution < 1.29 is 24.3 Å². The number of fused-ring (bicyclic) bond motifs is 1. The summed E-state index contributed by atoms with van der Waals surface area (Å²) in [5, 5.41) is 16.0. The first kappa shape index (κ1) is 31.3. The van der Waals surface area contributed by atoms with Crippen LogP contribution in [0.1, 0.15) is 42.4 Å². The highest BCUT2D eigenvalue weighted by molar-refractivity contribution is 5.91. The summed E-state index contributed by atoms with van der Waals surface area (Å²) < 4.78 is 5.21. The highest BCUT2D eigenvalue weighted by Crippen LogP contribution is 2.21. The van der Waals surface area contributed by atoms with Crippen molar-refractivity contribution in [2.75, 3.05) is 13.7 Å². The maximum absolute atomic E-state index is 13.6. The predicted molar refractivity (Wildman–Crippen MR) is 166 cm³/mol. The lowest BCUT2D eigenvalue weighted by Gasteiger charge is -2.22. The summed E-state index contributed by atoms with van der Waals surface area (Å²) in [7, 11) is 1.63. The van der Waals surface area contributed by atoms with Gasteiger partial charge in [0, 0.05) is 42.4 Å². The molecule has 226 valence electrons. The Balaban J connectivity index is 1.42. The van der Waals surface area contributed by atoms with Gasteiger partial charge in [0.15, 0.2) is 0 Å². The minimum atomic E-state index is -0.846. The van der Waals surface area contributed by atoms with Crippen LogP contribution < -0.4 is 20.9 Å². The van der Waals surface area contributed by atoms with Crippen LogP contribution in [0.2, 0.25) is 0 Å². The Morgan fingerprint density at radius 2 is 1.58 bits per heavy atom. The number of hydrogen-bond acceptors (Lipinski definition) is 5. The van der Waals surface area contributed by atoms with Crippen molar-refractivity contribution in [1.29, 1.82) is 0 Å². The molecular weight excluding hydrogens is 544 g/mol. The standard InChI is InChI=1S/C34H40N4O5/c1-43-28-17-15-25(16-18-28)11-5-6-12-26(22-32(39)38-42)33(40)37-31(21-27-23-36-30-14-8-7-13-29(27)30)34(41)35-20-19-24-9-3-2-4-10-24/h2-4,7-10,13-18,23,26,31,36,42H,5-6,11-12,19-22H2,1H3,(H,35,41)(H,37,40)(H,38,39)/t26-,31+/m0/s1. The third-order valence-electron chi connectivity index (χ3n) is 7.64. The fraction of sp³-hybridized carbons (Fsp3) is 0.324. The zero-order valence-corrected chi connectivity index (χ0v) is 24.5. The maximum Gasteiger partial charge on any atom is 0.244 e. The minimum Gasteiger partial charge on any atom is -0.497 e. The van der Waals surface area contributed by atoms with Crippen LogP contribution in [-0.4, -0.2) is 47.6 Å². The number of aromatic nitrogens is 1. The summed E-state index contributed by atoms with van der Waals surface area (Å²) in [4.78, 5) is 42.3. The molecule has 0 aliphatic heterocycles. The molecule has 0 aliphatic rings. The molecule has 5 N–H and O–H groups in total. The molecule has 43 heavy (non-hydrogen) atoms. The zero-order valence-electron chi connectivity index (χ0n) is 24.5. The molecule has 9 nitrogen and oxygen atoms in total. The number of ether oxygens (including phenoxy) is 1. The summed E-state index contributed by atoms with van der Waals surface area (Å²) in [5.74, 6) is -1.24. The number of carbonyl (C=O) groups is 3. The van der Waals surface area contributed by atoms with Crippen LogP contribution in [0.5, 0.6) is 5.75 Å². The number of hydroxylamine groups is 1. The minimum absolute atomic E-state index is 0.180. The van der Waals surface area contributed by atoms with Gasteiger partial charge in [0.25, 0.3) is 0 Å². The molecule has 0 saturated heterocycles. The van der Waals surface area contributed by atoms with E-state index >= 15 is 0 Å². The highest BCUT2D eigenvalue weighted by atomic mass is 16.5. The molecule has 0 radical (unpaired) electrons. The normalized spacial score (nSPS) is 12.3. The Hall–Kier alpha value is -4.63. The van der Waals surface area contributed by atoms with E-state index in [1.807, 2.05) is 85.1 Å². The van der Waals surface area contributed by atoms with Crippen molar-refractivity contribution in [1.82, 2.24) is 21.1 Å². The molecule has 0 spiro atoms. The van der Waals surface area contributed by atoms with E-state index in [4.69, 9.17) is 9.94 Å². The van der Waals surface area contributed by atoms with E-state index in [0.29, 0.717) is 25.8 Å². The molecular formula is C34H40N4O5. The van der Waals surface area contributed by atoms with Crippen molar-refractivity contribution >= 4 is 28.6 Å². The van der Waals surface area contributed by atoms with Crippen molar-refractivity contribution in [3.63, 3.8) is 0 Å². The van der Waals surface area contributed by atoms with Crippen molar-refractivity contribution in [2.45, 2.75) is 51.0 Å². The molecule has 4 aromatic rings. The van der Waals surface area contributed by atoms with Gasteiger partial charge in [0.2, 0.25) is 17.7 Å². The second-order valence-electron chi connectivity index (χ2n) is 10.7. The monoisotopic (exact) mass is 584 g/mol. The number of aryl methyl sites for hydroxylation is 1. The number of H-pyrrole nitrogens is 1. The Bertz CT molecular complexity index is 1470. The number of carbonyl (C=O) groups excluding carboxylic acids is 3. The third-order valence-corrected chi connectivity index (χ3v) is 7.64. The van der Waals surface area contributed by atoms with Crippen molar-refractivity contribution in [2.24, 2.45) is 5.92 Å². The summed E-state index contributed by atoms with van der Waals surface area (Å²) >= 11 is 0. The van der Waals surface area contributed by atoms with Crippen LogP contribution in [0, 0.1) is 5.92 Å². The molecule has 3 aromatic carbocycles. The number of hydrogen-bond donors (Lipinski definition) is 5. The fourth-order valence-corrected chi connectivity index (χ4v) is 5.22. The summed E-state index contributed by atoms with van der Waals surface area (Å²) in [6, 6.07) is 24.7. The van der Waals surface area contributed by atoms with Crippen LogP contribution in [0.25, 0.3) is 10.9 Å². The van der Waals surface area contributed by atoms with Crippen LogP contribution in [0.15, 0.2) is 85.1 Å². The van der Waals surface area contributed by atoms with E-state index in [1.54, 1.807) is 12.6 Å². The summed E-state index contributed by atoms with van der Waals surface area (Å²) in [5.41, 5.74) is 5.75. The first-order chi connectivity index (χ1) is 21.0. The smallest absolute Gasteiger partial charge is 0.244 e. The largest absolute Gasteiger partial charge is 0.497 e. The number of methoxy groups -OCH3 is 1. The zero-order chi connectivity index (χ0) is 30.4. The Morgan fingerprint density at radius 1 is 0.860 bits per heavy atom. The Morgan fingerprint density at radius 3 is 2.33 bits per heavy atom. The second-order valence-corrected chi connectivity index (χ2v) is 10.7. The summed E-state index contributed by atoms with van der Waals surface area (Å²) in [6.07, 6.45) is 5.38. The molecule has 1 heterocycles. The maximum atomic E-state index is 13.6. The van der Waals surface area contributed by atoms with Gasteiger partial charge in [-0.2, -0.15) is 0 Å². The van der Waals surface area contributed by atoms with E-state index in [1.165, 1.54) is 0 Å². The van der Waals surface area contributed by atoms with Gasteiger partial charge in [-0.3, -0.25) is 19.6 Å². The van der Waals surface area contributed by atoms with Gasteiger partial charge in [-0.1, -0.05) is 67.1 Å². The van der Waals surface area contributed by atoms with Gasteiger partial charge in [0.1, 0.15) is 11.8 Å². The van der Waals surface area contributed by atoms with Crippen LogP contribution in [0.3, 0.4) is 0 Å². The second kappa shape index (κ2) is 16.1. The molecule has 0 bridgehead atoms. The number of aromatic amines is 1. The topological polar surface area (TPSA) is 133 Å². The van der Waals surface area contributed by atoms with Gasteiger partial charge < -0.3 is 20.4 Å². The van der Waals surface area contributed by atoms with Gasteiger partial charge >= 0.3 is 0 Å². The molecule has 0 saturated carbocycles. The Kier molecular flexibility index (Phi) is 11.7. The number of unbranched alkanes of at least 4 members (excludes halogenated alkanes) is 1. The van der Waals surface area contributed by atoms with Crippen LogP contribution >= 0.6 is 0 Å². The lowest BCUT2D eigenvalue weighted by Crippen LogP contribution is -2.50. The van der Waals surface area contributed by atoms with Crippen molar-refractivity contribution in [3.05, 3.63) is 102 Å². The predicted octanol–water partition coefficient (Wildman–Crippen LogP) is 4.49. The summed E-state index contributed by atoms with van der Waals surface area (Å²) in [6.45, 7) is 0.421. The number of amides is 3. The number of para-hydroxylation sites is 1. The van der Waals surface area contributed by atoms with Gasteiger partial charge in [0.05, 0.1) is 7.11 Å². The molecule has 0 unspecified atom stereocenters.